The summed E-state index contributed by atoms with van der Waals surface area (Å²) in [6.45, 7) is 0.846. The third-order valence-electron chi connectivity index (χ3n) is 4.42. The average molecular weight is 418 g/mol. The molecule has 1 amide bonds. The van der Waals surface area contributed by atoms with Crippen molar-refractivity contribution in [3.8, 4) is 0 Å². The fourth-order valence-electron chi connectivity index (χ4n) is 3.14. The summed E-state index contributed by atoms with van der Waals surface area (Å²) < 4.78 is 27.7. The summed E-state index contributed by atoms with van der Waals surface area (Å²) in [7, 11) is 0. The van der Waals surface area contributed by atoms with Gasteiger partial charge in [-0.25, -0.2) is 8.78 Å². The maximum Gasteiger partial charge on any atom is 0.237 e. The molecule has 2 aromatic rings. The van der Waals surface area contributed by atoms with Crippen LogP contribution in [0.4, 0.5) is 14.5 Å². The molecule has 0 aromatic heterocycles. The minimum atomic E-state index is -0.651. The fraction of sp³-hybridized carbons (Fsp3) is 0.316. The second kappa shape index (κ2) is 10.4. The van der Waals surface area contributed by atoms with Crippen molar-refractivity contribution in [2.24, 2.45) is 5.73 Å². The number of rotatable bonds is 5. The van der Waals surface area contributed by atoms with Crippen LogP contribution in [0.5, 0.6) is 0 Å². The van der Waals surface area contributed by atoms with E-state index in [1.807, 2.05) is 30.3 Å². The number of nitrogens with two attached hydrogens (primary N) is 1. The molecule has 0 spiro atoms. The fourth-order valence-corrected chi connectivity index (χ4v) is 3.14. The molecular weight excluding hydrogens is 395 g/mol. The largest absolute Gasteiger partial charge is 0.365 e. The topological polar surface area (TPSA) is 58.4 Å². The van der Waals surface area contributed by atoms with Crippen LogP contribution < -0.4 is 16.0 Å². The molecule has 3 rings (SSSR count). The quantitative estimate of drug-likeness (QED) is 0.785. The first-order valence-corrected chi connectivity index (χ1v) is 8.33. The lowest BCUT2D eigenvalue weighted by atomic mass is 10.1. The molecule has 2 atom stereocenters. The van der Waals surface area contributed by atoms with Crippen molar-refractivity contribution in [3.63, 3.8) is 0 Å². The third kappa shape index (κ3) is 5.79. The number of hydrogen-bond acceptors (Lipinski definition) is 3. The van der Waals surface area contributed by atoms with Crippen molar-refractivity contribution in [3.05, 3.63) is 65.7 Å². The van der Waals surface area contributed by atoms with Crippen molar-refractivity contribution < 1.29 is 13.6 Å². The van der Waals surface area contributed by atoms with Crippen LogP contribution in [0.2, 0.25) is 0 Å². The Kier molecular flexibility index (Phi) is 8.96. The molecule has 0 aliphatic carbocycles. The second-order valence-corrected chi connectivity index (χ2v) is 6.31. The van der Waals surface area contributed by atoms with Gasteiger partial charge in [-0.15, -0.1) is 24.8 Å². The van der Waals surface area contributed by atoms with E-state index in [0.717, 1.165) is 5.56 Å². The molecule has 2 unspecified atom stereocenters. The molecule has 0 saturated carbocycles. The first kappa shape index (κ1) is 23.1. The predicted octanol–water partition coefficient (Wildman–Crippen LogP) is 3.07. The highest BCUT2D eigenvalue weighted by molar-refractivity contribution is 5.85. The number of hydrogen-bond donors (Lipinski definition) is 2. The number of nitrogens with one attached hydrogen (secondary N) is 1. The van der Waals surface area contributed by atoms with Gasteiger partial charge in [-0.2, -0.15) is 0 Å². The molecule has 2 aromatic carbocycles. The minimum absolute atomic E-state index is 0. The Morgan fingerprint density at radius 3 is 2.37 bits per heavy atom. The highest BCUT2D eigenvalue weighted by atomic mass is 35.5. The van der Waals surface area contributed by atoms with E-state index in [1.165, 1.54) is 18.2 Å². The zero-order chi connectivity index (χ0) is 17.8. The van der Waals surface area contributed by atoms with Crippen LogP contribution in [0.25, 0.3) is 0 Å². The lowest BCUT2D eigenvalue weighted by Gasteiger charge is -2.21. The lowest BCUT2D eigenvalue weighted by Crippen LogP contribution is -2.47. The molecule has 1 saturated heterocycles. The molecule has 148 valence electrons. The van der Waals surface area contributed by atoms with E-state index in [0.29, 0.717) is 25.9 Å². The summed E-state index contributed by atoms with van der Waals surface area (Å²) in [5.74, 6) is -1.43. The first-order valence-electron chi connectivity index (χ1n) is 8.33. The van der Waals surface area contributed by atoms with Gasteiger partial charge >= 0.3 is 0 Å². The van der Waals surface area contributed by atoms with Crippen LogP contribution >= 0.6 is 24.8 Å². The van der Waals surface area contributed by atoms with E-state index >= 15 is 0 Å². The van der Waals surface area contributed by atoms with Gasteiger partial charge in [-0.05, 0) is 30.5 Å². The zero-order valence-corrected chi connectivity index (χ0v) is 16.2. The molecule has 0 bridgehead atoms. The number of halogens is 4. The Balaban J connectivity index is 0.00000182. The molecule has 3 N–H and O–H groups in total. The summed E-state index contributed by atoms with van der Waals surface area (Å²) in [6.07, 6.45) is 1.07. The van der Waals surface area contributed by atoms with E-state index in [9.17, 15) is 13.6 Å². The number of nitrogens with zero attached hydrogens (tertiary/aromatic N) is 1. The van der Waals surface area contributed by atoms with Gasteiger partial charge in [-0.3, -0.25) is 4.79 Å². The number of anilines is 1. The summed E-state index contributed by atoms with van der Waals surface area (Å²) in [4.78, 5) is 13.9. The standard InChI is InChI=1S/C19H21F2N3O.2ClH/c20-15-7-4-8-16(21)18(15)24-10-9-14(12-24)23-19(25)17(22)11-13-5-2-1-3-6-13;;/h1-8,14,17H,9-12,22H2,(H,23,25);2*1H. The van der Waals surface area contributed by atoms with Gasteiger partial charge in [0.05, 0.1) is 6.04 Å². The van der Waals surface area contributed by atoms with Crippen molar-refractivity contribution >= 4 is 36.4 Å². The monoisotopic (exact) mass is 417 g/mol. The molecule has 1 fully saturated rings. The van der Waals surface area contributed by atoms with Crippen molar-refractivity contribution in [1.82, 2.24) is 5.32 Å². The maximum absolute atomic E-state index is 13.9. The molecule has 8 heteroatoms. The van der Waals surface area contributed by atoms with E-state index in [4.69, 9.17) is 5.73 Å². The zero-order valence-electron chi connectivity index (χ0n) is 14.6. The highest BCUT2D eigenvalue weighted by Crippen LogP contribution is 2.26. The Hall–Kier alpha value is -1.89. The van der Waals surface area contributed by atoms with Crippen LogP contribution in [-0.2, 0) is 11.2 Å². The summed E-state index contributed by atoms with van der Waals surface area (Å²) >= 11 is 0. The van der Waals surface area contributed by atoms with Gasteiger partial charge in [-0.1, -0.05) is 36.4 Å². The average Bonchev–Trinajstić information content (AvgIpc) is 3.03. The van der Waals surface area contributed by atoms with Crippen molar-refractivity contribution in [2.45, 2.75) is 24.9 Å². The first-order chi connectivity index (χ1) is 12.0. The molecular formula is C19H23Cl2F2N3O. The molecule has 27 heavy (non-hydrogen) atoms. The minimum Gasteiger partial charge on any atom is -0.365 e. The predicted molar refractivity (Wildman–Crippen MR) is 108 cm³/mol. The van der Waals surface area contributed by atoms with Gasteiger partial charge in [0, 0.05) is 19.1 Å². The number of benzene rings is 2. The van der Waals surface area contributed by atoms with Crippen LogP contribution in [0.15, 0.2) is 48.5 Å². The second-order valence-electron chi connectivity index (χ2n) is 6.31. The molecule has 1 aliphatic rings. The highest BCUT2D eigenvalue weighted by Gasteiger charge is 2.28. The normalized spacial score (nSPS) is 16.9. The number of para-hydroxylation sites is 1. The number of amides is 1. The van der Waals surface area contributed by atoms with Gasteiger partial charge in [0.25, 0.3) is 0 Å². The van der Waals surface area contributed by atoms with Crippen molar-refractivity contribution in [2.75, 3.05) is 18.0 Å². The van der Waals surface area contributed by atoms with Gasteiger partial charge < -0.3 is 16.0 Å². The maximum atomic E-state index is 13.9. The van der Waals surface area contributed by atoms with E-state index in [1.54, 1.807) is 4.90 Å². The molecule has 4 nitrogen and oxygen atoms in total. The van der Waals surface area contributed by atoms with E-state index in [2.05, 4.69) is 5.32 Å². The summed E-state index contributed by atoms with van der Waals surface area (Å²) in [5, 5.41) is 2.89. The third-order valence-corrected chi connectivity index (χ3v) is 4.42. The summed E-state index contributed by atoms with van der Waals surface area (Å²) in [5.41, 5.74) is 6.93. The lowest BCUT2D eigenvalue weighted by molar-refractivity contribution is -0.122. The van der Waals surface area contributed by atoms with Crippen LogP contribution in [0.3, 0.4) is 0 Å². The Morgan fingerprint density at radius 2 is 1.74 bits per heavy atom. The number of carbonyl (C=O) groups is 1. The van der Waals surface area contributed by atoms with E-state index < -0.39 is 17.7 Å². The van der Waals surface area contributed by atoms with Crippen LogP contribution in [0.1, 0.15) is 12.0 Å². The van der Waals surface area contributed by atoms with E-state index in [-0.39, 0.29) is 42.5 Å². The van der Waals surface area contributed by atoms with Crippen LogP contribution in [0, 0.1) is 11.6 Å². The van der Waals surface area contributed by atoms with Crippen molar-refractivity contribution in [1.29, 1.82) is 0 Å². The Bertz CT molecular complexity index is 729. The summed E-state index contributed by atoms with van der Waals surface area (Å²) in [6, 6.07) is 12.5. The van der Waals surface area contributed by atoms with Gasteiger partial charge in [0.2, 0.25) is 5.91 Å². The van der Waals surface area contributed by atoms with Gasteiger partial charge in [0.1, 0.15) is 17.3 Å². The Morgan fingerprint density at radius 1 is 1.11 bits per heavy atom. The van der Waals surface area contributed by atoms with Crippen LogP contribution in [-0.4, -0.2) is 31.1 Å². The molecule has 0 radical (unpaired) electrons. The molecule has 1 heterocycles. The van der Waals surface area contributed by atoms with Gasteiger partial charge in [0.15, 0.2) is 0 Å². The molecule has 1 aliphatic heterocycles. The number of carbonyl (C=O) groups excluding carboxylic acids is 1. The smallest absolute Gasteiger partial charge is 0.237 e. The Labute approximate surface area is 169 Å². The SMILES string of the molecule is Cl.Cl.NC(Cc1ccccc1)C(=O)NC1CCN(c2c(F)cccc2F)C1.